The van der Waals surface area contributed by atoms with Gasteiger partial charge in [0.2, 0.25) is 0 Å². The van der Waals surface area contributed by atoms with Gasteiger partial charge in [0.25, 0.3) is 0 Å². The second kappa shape index (κ2) is 6.45. The summed E-state index contributed by atoms with van der Waals surface area (Å²) >= 11 is 0. The van der Waals surface area contributed by atoms with Gasteiger partial charge in [0, 0.05) is 25.8 Å². The molecule has 0 spiro atoms. The molecule has 0 aliphatic heterocycles. The summed E-state index contributed by atoms with van der Waals surface area (Å²) in [5.41, 5.74) is 2.03. The zero-order valence-electron chi connectivity index (χ0n) is 12.5. The third-order valence-electron chi connectivity index (χ3n) is 3.78. The summed E-state index contributed by atoms with van der Waals surface area (Å²) in [5, 5.41) is 11.0. The van der Waals surface area contributed by atoms with Crippen LogP contribution in [0.25, 0.3) is 27.8 Å². The molecule has 0 saturated carbocycles. The minimum absolute atomic E-state index is 0. The van der Waals surface area contributed by atoms with Gasteiger partial charge in [-0.25, -0.2) is 0 Å². The summed E-state index contributed by atoms with van der Waals surface area (Å²) in [7, 11) is 0. The Balaban J connectivity index is 0.00000156. The van der Waals surface area contributed by atoms with Gasteiger partial charge in [-0.1, -0.05) is 53.4 Å². The predicted octanol–water partition coefficient (Wildman–Crippen LogP) is 4.19. The van der Waals surface area contributed by atoms with Gasteiger partial charge in [-0.2, -0.15) is 5.10 Å². The average Bonchev–Trinajstić information content (AvgIpc) is 2.96. The second-order valence-corrected chi connectivity index (χ2v) is 5.18. The predicted molar refractivity (Wildman–Crippen MR) is 87.9 cm³/mol. The molecule has 0 aliphatic rings. The van der Waals surface area contributed by atoms with Crippen LogP contribution in [-0.2, 0) is 20.1 Å². The van der Waals surface area contributed by atoms with Crippen LogP contribution in [-0.4, -0.2) is 14.8 Å². The van der Waals surface area contributed by atoms with E-state index >= 15 is 0 Å². The normalized spacial score (nSPS) is 10.5. The standard InChI is InChI=1S/C19H14N3.Ir/c1-14-20-21-19(22(14)16-10-3-2-4-11-16)18-13-7-9-15-8-5-6-12-17(15)18;/h2-12H,1H3;/q-1;. The first-order chi connectivity index (χ1) is 10.8. The molecule has 4 heteroatoms. The van der Waals surface area contributed by atoms with Crippen LogP contribution in [0.1, 0.15) is 5.82 Å². The Bertz CT molecular complexity index is 940. The molecule has 3 nitrogen and oxygen atoms in total. The molecule has 1 heterocycles. The Morgan fingerprint density at radius 2 is 1.61 bits per heavy atom. The van der Waals surface area contributed by atoms with Gasteiger partial charge in [-0.15, -0.1) is 28.7 Å². The van der Waals surface area contributed by atoms with Crippen molar-refractivity contribution in [1.29, 1.82) is 0 Å². The van der Waals surface area contributed by atoms with Gasteiger partial charge in [0.15, 0.2) is 0 Å². The molecule has 0 atom stereocenters. The smallest absolute Gasteiger partial charge is 0.125 e. The van der Waals surface area contributed by atoms with E-state index in [1.165, 1.54) is 5.39 Å². The third-order valence-corrected chi connectivity index (χ3v) is 3.78. The number of aromatic nitrogens is 3. The van der Waals surface area contributed by atoms with Crippen molar-refractivity contribution in [3.63, 3.8) is 0 Å². The molecule has 0 fully saturated rings. The molecule has 0 saturated heterocycles. The van der Waals surface area contributed by atoms with E-state index in [0.717, 1.165) is 28.3 Å². The van der Waals surface area contributed by atoms with E-state index in [2.05, 4.69) is 51.2 Å². The molecule has 3 aromatic carbocycles. The van der Waals surface area contributed by atoms with Crippen molar-refractivity contribution in [3.05, 3.63) is 78.6 Å². The SMILES string of the molecule is Cc1nnc(-c2[c-]ccc3ccccc23)n1-c1ccccc1.[Ir]. The summed E-state index contributed by atoms with van der Waals surface area (Å²) in [5.74, 6) is 1.68. The summed E-state index contributed by atoms with van der Waals surface area (Å²) in [4.78, 5) is 0. The summed E-state index contributed by atoms with van der Waals surface area (Å²) < 4.78 is 2.07. The maximum Gasteiger partial charge on any atom is 0.125 e. The molecular weight excluding hydrogens is 462 g/mol. The number of para-hydroxylation sites is 1. The topological polar surface area (TPSA) is 30.7 Å². The molecule has 4 rings (SSSR count). The molecule has 0 bridgehead atoms. The van der Waals surface area contributed by atoms with E-state index in [4.69, 9.17) is 0 Å². The minimum atomic E-state index is 0. The number of benzene rings is 3. The van der Waals surface area contributed by atoms with Crippen LogP contribution >= 0.6 is 0 Å². The fraction of sp³-hybridized carbons (Fsp3) is 0.0526. The number of hydrogen-bond acceptors (Lipinski definition) is 2. The Morgan fingerprint density at radius 1 is 0.870 bits per heavy atom. The molecule has 1 aromatic heterocycles. The van der Waals surface area contributed by atoms with Gasteiger partial charge in [-0.05, 0) is 19.1 Å². The minimum Gasteiger partial charge on any atom is -0.320 e. The van der Waals surface area contributed by atoms with E-state index in [0.29, 0.717) is 0 Å². The van der Waals surface area contributed by atoms with Crippen molar-refractivity contribution in [1.82, 2.24) is 14.8 Å². The summed E-state index contributed by atoms with van der Waals surface area (Å²) in [6.07, 6.45) is 0. The van der Waals surface area contributed by atoms with Crippen molar-refractivity contribution in [2.24, 2.45) is 0 Å². The molecule has 0 N–H and O–H groups in total. The second-order valence-electron chi connectivity index (χ2n) is 5.18. The van der Waals surface area contributed by atoms with Crippen LogP contribution in [0.4, 0.5) is 0 Å². The van der Waals surface area contributed by atoms with Crippen molar-refractivity contribution < 1.29 is 20.1 Å². The fourth-order valence-electron chi connectivity index (χ4n) is 2.76. The maximum absolute atomic E-state index is 4.39. The molecule has 115 valence electrons. The zero-order chi connectivity index (χ0) is 14.9. The van der Waals surface area contributed by atoms with Crippen LogP contribution in [0.2, 0.25) is 0 Å². The van der Waals surface area contributed by atoms with Gasteiger partial charge >= 0.3 is 0 Å². The number of fused-ring (bicyclic) bond motifs is 1. The molecule has 0 amide bonds. The van der Waals surface area contributed by atoms with Gasteiger partial charge < -0.3 is 4.57 Å². The van der Waals surface area contributed by atoms with E-state index in [1.54, 1.807) is 0 Å². The van der Waals surface area contributed by atoms with E-state index in [-0.39, 0.29) is 20.1 Å². The van der Waals surface area contributed by atoms with E-state index in [9.17, 15) is 0 Å². The van der Waals surface area contributed by atoms with Crippen LogP contribution in [0.3, 0.4) is 0 Å². The van der Waals surface area contributed by atoms with Crippen LogP contribution in [0, 0.1) is 13.0 Å². The largest absolute Gasteiger partial charge is 0.320 e. The maximum atomic E-state index is 4.39. The van der Waals surface area contributed by atoms with E-state index in [1.807, 2.05) is 43.3 Å². The number of aryl methyl sites for hydroxylation is 1. The quantitative estimate of drug-likeness (QED) is 0.406. The van der Waals surface area contributed by atoms with Crippen molar-refractivity contribution in [2.75, 3.05) is 0 Å². The number of hydrogen-bond donors (Lipinski definition) is 0. The first-order valence-corrected chi connectivity index (χ1v) is 7.22. The van der Waals surface area contributed by atoms with Crippen LogP contribution < -0.4 is 0 Å². The molecule has 1 radical (unpaired) electrons. The monoisotopic (exact) mass is 477 g/mol. The molecule has 0 unspecified atom stereocenters. The van der Waals surface area contributed by atoms with Gasteiger partial charge in [0.1, 0.15) is 5.82 Å². The summed E-state index contributed by atoms with van der Waals surface area (Å²) in [6.45, 7) is 1.97. The zero-order valence-corrected chi connectivity index (χ0v) is 14.9. The van der Waals surface area contributed by atoms with Crippen molar-refractivity contribution in [3.8, 4) is 17.1 Å². The van der Waals surface area contributed by atoms with E-state index < -0.39 is 0 Å². The van der Waals surface area contributed by atoms with Gasteiger partial charge in [-0.3, -0.25) is 0 Å². The third kappa shape index (κ3) is 2.72. The molecular formula is C19H14IrN3-. The fourth-order valence-corrected chi connectivity index (χ4v) is 2.76. The van der Waals surface area contributed by atoms with Crippen molar-refractivity contribution in [2.45, 2.75) is 6.92 Å². The Labute approximate surface area is 148 Å². The first kappa shape index (κ1) is 15.6. The average molecular weight is 477 g/mol. The number of rotatable bonds is 2. The Kier molecular flexibility index (Phi) is 4.37. The van der Waals surface area contributed by atoms with Crippen LogP contribution in [0.15, 0.2) is 66.7 Å². The Hall–Kier alpha value is -2.29. The molecule has 23 heavy (non-hydrogen) atoms. The molecule has 0 aliphatic carbocycles. The first-order valence-electron chi connectivity index (χ1n) is 7.22. The Morgan fingerprint density at radius 3 is 2.43 bits per heavy atom. The number of nitrogens with zero attached hydrogens (tertiary/aromatic N) is 3. The van der Waals surface area contributed by atoms with Crippen LogP contribution in [0.5, 0.6) is 0 Å². The van der Waals surface area contributed by atoms with Gasteiger partial charge in [0.05, 0.1) is 5.82 Å². The summed E-state index contributed by atoms with van der Waals surface area (Å²) in [6, 6.07) is 25.8. The van der Waals surface area contributed by atoms with Crippen molar-refractivity contribution >= 4 is 10.8 Å². The molecule has 4 aromatic rings.